The van der Waals surface area contributed by atoms with Gasteiger partial charge in [0.2, 0.25) is 5.91 Å². The van der Waals surface area contributed by atoms with E-state index in [0.29, 0.717) is 17.9 Å². The lowest BCUT2D eigenvalue weighted by Gasteiger charge is -2.42. The molecule has 3 rings (SSSR count). The van der Waals surface area contributed by atoms with Gasteiger partial charge in [0.25, 0.3) is 5.91 Å². The molecule has 0 aliphatic carbocycles. The number of benzene rings is 1. The highest BCUT2D eigenvalue weighted by atomic mass is 16.5. The highest BCUT2D eigenvalue weighted by Crippen LogP contribution is 2.25. The number of carbonyl (C=O) groups is 2. The topological polar surface area (TPSA) is 58.6 Å². The minimum absolute atomic E-state index is 0.00589. The number of nitrogens with zero attached hydrogens (tertiary/aromatic N) is 1. The van der Waals surface area contributed by atoms with E-state index in [1.165, 1.54) is 0 Å². The van der Waals surface area contributed by atoms with Crippen molar-refractivity contribution in [3.8, 4) is 5.75 Å². The van der Waals surface area contributed by atoms with E-state index in [1.54, 1.807) is 6.07 Å². The summed E-state index contributed by atoms with van der Waals surface area (Å²) >= 11 is 0. The van der Waals surface area contributed by atoms with Gasteiger partial charge in [0, 0.05) is 18.5 Å². The standard InChI is InChI=1S/C21H28N2O3/c1-15(2)21(25)23-13-8-10-17-18(23)11-4-3-7-14-26-19-12-6-5-9-16(19)20(24)22-17/h3-6,9,12,15,17-18H,7-8,10-11,13-14H2,1-2H3,(H,22,24)/b4-3+/t17-,18-/m0/s1. The van der Waals surface area contributed by atoms with Crippen LogP contribution in [0.5, 0.6) is 5.75 Å². The molecule has 0 saturated carbocycles. The van der Waals surface area contributed by atoms with Crippen LogP contribution in [0.3, 0.4) is 0 Å². The highest BCUT2D eigenvalue weighted by Gasteiger charge is 2.35. The normalized spacial score (nSPS) is 25.0. The van der Waals surface area contributed by atoms with E-state index in [1.807, 2.05) is 36.9 Å². The van der Waals surface area contributed by atoms with Crippen molar-refractivity contribution in [2.75, 3.05) is 13.2 Å². The number of para-hydroxylation sites is 1. The first-order chi connectivity index (χ1) is 12.6. The van der Waals surface area contributed by atoms with Gasteiger partial charge >= 0.3 is 0 Å². The van der Waals surface area contributed by atoms with Crippen LogP contribution in [-0.2, 0) is 4.79 Å². The molecular weight excluding hydrogens is 328 g/mol. The van der Waals surface area contributed by atoms with Crippen LogP contribution in [0, 0.1) is 5.92 Å². The first kappa shape index (κ1) is 18.5. The van der Waals surface area contributed by atoms with Crippen LogP contribution in [0.1, 0.15) is 49.9 Å². The van der Waals surface area contributed by atoms with Crippen LogP contribution in [0.25, 0.3) is 0 Å². The van der Waals surface area contributed by atoms with Crippen LogP contribution in [0.4, 0.5) is 0 Å². The third-order valence-electron chi connectivity index (χ3n) is 5.09. The predicted molar refractivity (Wildman–Crippen MR) is 101 cm³/mol. The molecule has 0 unspecified atom stereocenters. The van der Waals surface area contributed by atoms with Crippen LogP contribution < -0.4 is 10.1 Å². The Hall–Kier alpha value is -2.30. The minimum Gasteiger partial charge on any atom is -0.492 e. The van der Waals surface area contributed by atoms with E-state index in [2.05, 4.69) is 17.5 Å². The fourth-order valence-electron chi connectivity index (χ4n) is 3.74. The average molecular weight is 356 g/mol. The highest BCUT2D eigenvalue weighted by molar-refractivity contribution is 5.97. The summed E-state index contributed by atoms with van der Waals surface area (Å²) in [6, 6.07) is 7.31. The van der Waals surface area contributed by atoms with Gasteiger partial charge in [0.15, 0.2) is 0 Å². The second-order valence-electron chi connectivity index (χ2n) is 7.32. The van der Waals surface area contributed by atoms with Crippen molar-refractivity contribution in [1.82, 2.24) is 10.2 Å². The second kappa shape index (κ2) is 8.39. The molecule has 2 heterocycles. The van der Waals surface area contributed by atoms with Crippen LogP contribution in [-0.4, -0.2) is 41.9 Å². The fourth-order valence-corrected chi connectivity index (χ4v) is 3.74. The molecular formula is C21H28N2O3. The minimum atomic E-state index is -0.126. The van der Waals surface area contributed by atoms with Gasteiger partial charge in [-0.1, -0.05) is 38.1 Å². The molecule has 1 aromatic carbocycles. The van der Waals surface area contributed by atoms with Crippen molar-refractivity contribution < 1.29 is 14.3 Å². The van der Waals surface area contributed by atoms with E-state index in [-0.39, 0.29) is 29.8 Å². The smallest absolute Gasteiger partial charge is 0.255 e. The summed E-state index contributed by atoms with van der Waals surface area (Å²) in [5.74, 6) is 0.613. The molecule has 140 valence electrons. The number of likely N-dealkylation sites (tertiary alicyclic amines) is 1. The number of carbonyl (C=O) groups excluding carboxylic acids is 2. The van der Waals surface area contributed by atoms with Gasteiger partial charge in [0.05, 0.1) is 18.2 Å². The molecule has 26 heavy (non-hydrogen) atoms. The molecule has 1 saturated heterocycles. The third-order valence-corrected chi connectivity index (χ3v) is 5.09. The lowest BCUT2D eigenvalue weighted by Crippen LogP contribution is -2.57. The van der Waals surface area contributed by atoms with Gasteiger partial charge in [-0.3, -0.25) is 9.59 Å². The molecule has 5 heteroatoms. The molecule has 1 N–H and O–H groups in total. The third kappa shape index (κ3) is 4.09. The zero-order chi connectivity index (χ0) is 18.5. The number of piperidine rings is 1. The quantitative estimate of drug-likeness (QED) is 0.787. The largest absolute Gasteiger partial charge is 0.492 e. The molecule has 0 bridgehead atoms. The molecule has 2 aliphatic rings. The second-order valence-corrected chi connectivity index (χ2v) is 7.32. The first-order valence-corrected chi connectivity index (χ1v) is 9.56. The summed E-state index contributed by atoms with van der Waals surface area (Å²) in [6.45, 7) is 5.16. The molecule has 0 aromatic heterocycles. The number of hydrogen-bond donors (Lipinski definition) is 1. The molecule has 2 amide bonds. The Bertz CT molecular complexity index is 684. The summed E-state index contributed by atoms with van der Waals surface area (Å²) in [6.07, 6.45) is 7.55. The van der Waals surface area contributed by atoms with Crippen molar-refractivity contribution in [3.05, 3.63) is 42.0 Å². The average Bonchev–Trinajstić information content (AvgIpc) is 2.63. The Morgan fingerprint density at radius 2 is 2.08 bits per heavy atom. The Kier molecular flexibility index (Phi) is 5.96. The van der Waals surface area contributed by atoms with Crippen LogP contribution >= 0.6 is 0 Å². The lowest BCUT2D eigenvalue weighted by atomic mass is 9.91. The van der Waals surface area contributed by atoms with Gasteiger partial charge in [-0.05, 0) is 37.8 Å². The summed E-state index contributed by atoms with van der Waals surface area (Å²) in [5, 5.41) is 3.17. The summed E-state index contributed by atoms with van der Waals surface area (Å²) in [4.78, 5) is 27.5. The van der Waals surface area contributed by atoms with Gasteiger partial charge < -0.3 is 15.0 Å². The zero-order valence-electron chi connectivity index (χ0n) is 15.6. The molecule has 0 radical (unpaired) electrons. The Morgan fingerprint density at radius 3 is 2.88 bits per heavy atom. The van der Waals surface area contributed by atoms with Gasteiger partial charge in [-0.2, -0.15) is 0 Å². The van der Waals surface area contributed by atoms with Crippen LogP contribution in [0.15, 0.2) is 36.4 Å². The van der Waals surface area contributed by atoms with E-state index in [9.17, 15) is 9.59 Å². The van der Waals surface area contributed by atoms with Crippen molar-refractivity contribution in [2.24, 2.45) is 5.92 Å². The maximum atomic E-state index is 12.9. The van der Waals surface area contributed by atoms with Crippen molar-refractivity contribution in [2.45, 2.75) is 51.6 Å². The number of ether oxygens (including phenoxy) is 1. The molecule has 1 aromatic rings. The van der Waals surface area contributed by atoms with Crippen molar-refractivity contribution in [3.63, 3.8) is 0 Å². The van der Waals surface area contributed by atoms with Crippen molar-refractivity contribution >= 4 is 11.8 Å². The van der Waals surface area contributed by atoms with E-state index < -0.39 is 0 Å². The van der Waals surface area contributed by atoms with E-state index in [4.69, 9.17) is 4.74 Å². The number of rotatable bonds is 1. The molecule has 2 aliphatic heterocycles. The predicted octanol–water partition coefficient (Wildman–Crippen LogP) is 3.16. The number of amides is 2. The monoisotopic (exact) mass is 356 g/mol. The maximum absolute atomic E-state index is 12.9. The number of hydrogen-bond acceptors (Lipinski definition) is 3. The molecule has 5 nitrogen and oxygen atoms in total. The Balaban J connectivity index is 1.89. The summed E-state index contributed by atoms with van der Waals surface area (Å²) < 4.78 is 5.78. The summed E-state index contributed by atoms with van der Waals surface area (Å²) in [5.41, 5.74) is 0.558. The Morgan fingerprint density at radius 1 is 1.27 bits per heavy atom. The summed E-state index contributed by atoms with van der Waals surface area (Å²) in [7, 11) is 0. The first-order valence-electron chi connectivity index (χ1n) is 9.56. The van der Waals surface area contributed by atoms with E-state index in [0.717, 1.165) is 32.2 Å². The van der Waals surface area contributed by atoms with Gasteiger partial charge in [-0.25, -0.2) is 0 Å². The van der Waals surface area contributed by atoms with Crippen LogP contribution in [0.2, 0.25) is 0 Å². The fraction of sp³-hybridized carbons (Fsp3) is 0.524. The lowest BCUT2D eigenvalue weighted by molar-refractivity contribution is -0.138. The molecule has 1 fully saturated rings. The molecule has 2 atom stereocenters. The maximum Gasteiger partial charge on any atom is 0.255 e. The number of fused-ring (bicyclic) bond motifs is 2. The van der Waals surface area contributed by atoms with Crippen molar-refractivity contribution in [1.29, 1.82) is 0 Å². The van der Waals surface area contributed by atoms with E-state index >= 15 is 0 Å². The Labute approximate surface area is 155 Å². The molecule has 0 spiro atoms. The van der Waals surface area contributed by atoms with Gasteiger partial charge in [0.1, 0.15) is 5.75 Å². The SMILES string of the molecule is CC(C)C(=O)N1CCC[C@@H]2NC(=O)c3ccccc3OCC/C=C/C[C@@H]21. The van der Waals surface area contributed by atoms with Gasteiger partial charge in [-0.15, -0.1) is 0 Å². The zero-order valence-corrected chi connectivity index (χ0v) is 15.6. The number of nitrogens with one attached hydrogen (secondary N) is 1.